The maximum atomic E-state index is 6.43. The van der Waals surface area contributed by atoms with E-state index in [2.05, 4.69) is 35.6 Å². The molecular weight excluding hydrogens is 355 g/mol. The fourth-order valence-corrected chi connectivity index (χ4v) is 3.96. The van der Waals surface area contributed by atoms with Crippen LogP contribution in [0.5, 0.6) is 0 Å². The van der Waals surface area contributed by atoms with Gasteiger partial charge in [0.25, 0.3) is 0 Å². The Hall–Kier alpha value is -2.04. The molecule has 4 rings (SSSR count). The van der Waals surface area contributed by atoms with Gasteiger partial charge in [-0.1, -0.05) is 23.2 Å². The Balaban J connectivity index is 1.87. The Morgan fingerprint density at radius 3 is 2.44 bits per heavy atom. The molecule has 0 spiro atoms. The maximum Gasteiger partial charge on any atom is 0.146 e. The minimum absolute atomic E-state index is 0.631. The van der Waals surface area contributed by atoms with E-state index in [1.54, 1.807) is 6.07 Å². The van der Waals surface area contributed by atoms with Gasteiger partial charge in [-0.2, -0.15) is 0 Å². The van der Waals surface area contributed by atoms with E-state index in [9.17, 15) is 0 Å². The highest BCUT2D eigenvalue weighted by atomic mass is 35.5. The zero-order valence-electron chi connectivity index (χ0n) is 14.3. The third-order valence-electron chi connectivity index (χ3n) is 4.49. The highest BCUT2D eigenvalue weighted by Crippen LogP contribution is 2.39. The standard InChI is InChI=1S/C19H18Cl2N4/c1-11-8-12(2)25(10-11)19-15-6-7-24(18(15)22-13(3)23-19)17-5-4-14(20)9-16(17)21/h4-5,8-10H,6-7H2,1-3H3. The summed E-state index contributed by atoms with van der Waals surface area (Å²) in [4.78, 5) is 11.6. The average molecular weight is 373 g/mol. The quantitative estimate of drug-likeness (QED) is 0.620. The van der Waals surface area contributed by atoms with Gasteiger partial charge in [-0.15, -0.1) is 0 Å². The van der Waals surface area contributed by atoms with Crippen LogP contribution in [0.2, 0.25) is 10.0 Å². The fourth-order valence-electron chi connectivity index (χ4n) is 3.45. The normalized spacial score (nSPS) is 13.4. The summed E-state index contributed by atoms with van der Waals surface area (Å²) in [6, 6.07) is 7.73. The number of fused-ring (bicyclic) bond motifs is 1. The van der Waals surface area contributed by atoms with E-state index in [0.29, 0.717) is 10.0 Å². The van der Waals surface area contributed by atoms with Crippen molar-refractivity contribution in [3.8, 4) is 5.82 Å². The van der Waals surface area contributed by atoms with Gasteiger partial charge in [0.15, 0.2) is 0 Å². The Morgan fingerprint density at radius 2 is 1.76 bits per heavy atom. The summed E-state index contributed by atoms with van der Waals surface area (Å²) in [6.45, 7) is 6.94. The molecule has 128 valence electrons. The zero-order valence-corrected chi connectivity index (χ0v) is 15.9. The van der Waals surface area contributed by atoms with E-state index in [4.69, 9.17) is 33.2 Å². The van der Waals surface area contributed by atoms with Crippen molar-refractivity contribution in [3.63, 3.8) is 0 Å². The molecule has 0 bridgehead atoms. The van der Waals surface area contributed by atoms with Gasteiger partial charge in [0.1, 0.15) is 17.5 Å². The van der Waals surface area contributed by atoms with Gasteiger partial charge in [-0.25, -0.2) is 9.97 Å². The second kappa shape index (κ2) is 6.04. The number of hydrogen-bond acceptors (Lipinski definition) is 3. The summed E-state index contributed by atoms with van der Waals surface area (Å²) in [5.74, 6) is 2.63. The van der Waals surface area contributed by atoms with Crippen molar-refractivity contribution in [2.24, 2.45) is 0 Å². The number of benzene rings is 1. The molecule has 1 aromatic carbocycles. The summed E-state index contributed by atoms with van der Waals surface area (Å²) >= 11 is 12.5. The molecule has 0 fully saturated rings. The molecule has 0 N–H and O–H groups in total. The van der Waals surface area contributed by atoms with E-state index < -0.39 is 0 Å². The van der Waals surface area contributed by atoms with Crippen molar-refractivity contribution in [3.05, 3.63) is 63.2 Å². The minimum Gasteiger partial charge on any atom is -0.324 e. The number of hydrogen-bond donors (Lipinski definition) is 0. The lowest BCUT2D eigenvalue weighted by Gasteiger charge is -2.20. The van der Waals surface area contributed by atoms with Crippen molar-refractivity contribution in [2.45, 2.75) is 27.2 Å². The first-order chi connectivity index (χ1) is 11.9. The molecule has 1 aliphatic heterocycles. The first-order valence-electron chi connectivity index (χ1n) is 8.20. The van der Waals surface area contributed by atoms with E-state index in [-0.39, 0.29) is 0 Å². The second-order valence-electron chi connectivity index (χ2n) is 6.42. The Kier molecular flexibility index (Phi) is 3.97. The van der Waals surface area contributed by atoms with Gasteiger partial charge >= 0.3 is 0 Å². The first kappa shape index (κ1) is 16.4. The molecule has 0 saturated heterocycles. The molecule has 0 atom stereocenters. The van der Waals surface area contributed by atoms with Crippen LogP contribution in [0.1, 0.15) is 22.6 Å². The molecule has 1 aliphatic rings. The summed E-state index contributed by atoms with van der Waals surface area (Å²) in [5, 5.41) is 1.26. The molecule has 3 heterocycles. The molecule has 25 heavy (non-hydrogen) atoms. The van der Waals surface area contributed by atoms with Crippen LogP contribution in [0.25, 0.3) is 5.82 Å². The highest BCUT2D eigenvalue weighted by Gasteiger charge is 2.28. The molecule has 3 aromatic rings. The number of aryl methyl sites for hydroxylation is 3. The van der Waals surface area contributed by atoms with Crippen LogP contribution < -0.4 is 4.90 Å². The lowest BCUT2D eigenvalue weighted by molar-refractivity contribution is 0.898. The summed E-state index contributed by atoms with van der Waals surface area (Å²) in [6.07, 6.45) is 3.00. The maximum absolute atomic E-state index is 6.43. The molecular formula is C19H18Cl2N4. The largest absolute Gasteiger partial charge is 0.324 e. The van der Waals surface area contributed by atoms with Crippen LogP contribution in [0, 0.1) is 20.8 Å². The third-order valence-corrected chi connectivity index (χ3v) is 5.03. The summed E-state index contributed by atoms with van der Waals surface area (Å²) in [7, 11) is 0. The van der Waals surface area contributed by atoms with E-state index >= 15 is 0 Å². The van der Waals surface area contributed by atoms with Gasteiger partial charge in [0.05, 0.1) is 10.7 Å². The van der Waals surface area contributed by atoms with E-state index in [0.717, 1.165) is 41.7 Å². The Bertz CT molecular complexity index is 978. The predicted octanol–water partition coefficient (Wildman–Crippen LogP) is 5.19. The SMILES string of the molecule is Cc1cc(C)n(-c2nc(C)nc3c2CCN3c2ccc(Cl)cc2Cl)c1. The van der Waals surface area contributed by atoms with Crippen molar-refractivity contribution < 1.29 is 0 Å². The number of rotatable bonds is 2. The van der Waals surface area contributed by atoms with Crippen molar-refractivity contribution >= 4 is 34.7 Å². The van der Waals surface area contributed by atoms with Gasteiger partial charge in [0, 0.05) is 29.0 Å². The van der Waals surface area contributed by atoms with Crippen molar-refractivity contribution in [1.29, 1.82) is 0 Å². The van der Waals surface area contributed by atoms with Crippen LogP contribution in [0.15, 0.2) is 30.5 Å². The molecule has 0 radical (unpaired) electrons. The molecule has 0 aliphatic carbocycles. The summed E-state index contributed by atoms with van der Waals surface area (Å²) < 4.78 is 2.15. The average Bonchev–Trinajstić information content (AvgIpc) is 3.10. The zero-order chi connectivity index (χ0) is 17.7. The minimum atomic E-state index is 0.631. The Morgan fingerprint density at radius 1 is 1.00 bits per heavy atom. The molecule has 0 amide bonds. The number of nitrogens with zero attached hydrogens (tertiary/aromatic N) is 4. The van der Waals surface area contributed by atoms with Gasteiger partial charge in [-0.05, 0) is 57.0 Å². The molecule has 4 nitrogen and oxygen atoms in total. The van der Waals surface area contributed by atoms with Crippen LogP contribution in [0.3, 0.4) is 0 Å². The van der Waals surface area contributed by atoms with Gasteiger partial charge in [-0.3, -0.25) is 0 Å². The first-order valence-corrected chi connectivity index (χ1v) is 8.95. The smallest absolute Gasteiger partial charge is 0.146 e. The topological polar surface area (TPSA) is 34.0 Å². The van der Waals surface area contributed by atoms with Gasteiger partial charge in [0.2, 0.25) is 0 Å². The second-order valence-corrected chi connectivity index (χ2v) is 7.27. The number of anilines is 2. The van der Waals surface area contributed by atoms with E-state index in [1.807, 2.05) is 19.1 Å². The fraction of sp³-hybridized carbons (Fsp3) is 0.263. The summed E-state index contributed by atoms with van der Waals surface area (Å²) in [5.41, 5.74) is 4.46. The monoisotopic (exact) mass is 372 g/mol. The van der Waals surface area contributed by atoms with Gasteiger partial charge < -0.3 is 9.47 Å². The van der Waals surface area contributed by atoms with Crippen LogP contribution in [-0.4, -0.2) is 21.1 Å². The highest BCUT2D eigenvalue weighted by molar-refractivity contribution is 6.36. The predicted molar refractivity (Wildman–Crippen MR) is 103 cm³/mol. The molecule has 6 heteroatoms. The molecule has 0 unspecified atom stereocenters. The number of halogens is 2. The third kappa shape index (κ3) is 2.79. The van der Waals surface area contributed by atoms with Crippen LogP contribution in [-0.2, 0) is 6.42 Å². The molecule has 2 aromatic heterocycles. The van der Waals surface area contributed by atoms with Crippen LogP contribution >= 0.6 is 23.2 Å². The van der Waals surface area contributed by atoms with Crippen molar-refractivity contribution in [1.82, 2.24) is 14.5 Å². The molecule has 0 saturated carbocycles. The van der Waals surface area contributed by atoms with Crippen LogP contribution in [0.4, 0.5) is 11.5 Å². The van der Waals surface area contributed by atoms with Crippen molar-refractivity contribution in [2.75, 3.05) is 11.4 Å². The van der Waals surface area contributed by atoms with E-state index in [1.165, 1.54) is 11.3 Å². The lowest BCUT2D eigenvalue weighted by atomic mass is 10.2. The number of aromatic nitrogens is 3. The lowest BCUT2D eigenvalue weighted by Crippen LogP contribution is -2.15. The Labute approximate surface area is 157 Å².